The van der Waals surface area contributed by atoms with Crippen molar-refractivity contribution in [3.63, 3.8) is 0 Å². The lowest BCUT2D eigenvalue weighted by Crippen LogP contribution is -2.43. The predicted octanol–water partition coefficient (Wildman–Crippen LogP) is 1.05. The van der Waals surface area contributed by atoms with E-state index in [1.165, 1.54) is 6.42 Å². The van der Waals surface area contributed by atoms with Crippen LogP contribution in [0.25, 0.3) is 0 Å². The summed E-state index contributed by atoms with van der Waals surface area (Å²) in [7, 11) is 0. The molecule has 0 aliphatic carbocycles. The average molecular weight is 197 g/mol. The van der Waals surface area contributed by atoms with Crippen LogP contribution in [-0.4, -0.2) is 30.9 Å². The molecule has 1 N–H and O–H groups in total. The maximum Gasteiger partial charge on any atom is 0.407 e. The summed E-state index contributed by atoms with van der Waals surface area (Å²) in [6, 6.07) is 0. The Morgan fingerprint density at radius 1 is 1.21 bits per heavy atom. The lowest BCUT2D eigenvalue weighted by molar-refractivity contribution is 0.00983. The molecule has 4 unspecified atom stereocenters. The molecule has 0 saturated carbocycles. The Morgan fingerprint density at radius 2 is 2.14 bits per heavy atom. The van der Waals surface area contributed by atoms with Crippen molar-refractivity contribution in [1.29, 1.82) is 0 Å². The second-order valence-electron chi connectivity index (χ2n) is 4.43. The first-order chi connectivity index (χ1) is 6.83. The van der Waals surface area contributed by atoms with Gasteiger partial charge in [-0.15, -0.1) is 0 Å². The van der Waals surface area contributed by atoms with Crippen molar-refractivity contribution >= 4 is 6.09 Å². The molecule has 3 saturated heterocycles. The molecule has 4 atom stereocenters. The van der Waals surface area contributed by atoms with E-state index in [0.717, 1.165) is 25.8 Å². The first-order valence-electron chi connectivity index (χ1n) is 5.43. The zero-order valence-electron chi connectivity index (χ0n) is 8.07. The van der Waals surface area contributed by atoms with Gasteiger partial charge >= 0.3 is 6.09 Å². The summed E-state index contributed by atoms with van der Waals surface area (Å²) in [6.07, 6.45) is 5.00. The standard InChI is InChI=1S/C10H15NO3/c12-10-11-4-3-9(14-10)7-5-6-1-2-8(7)13-6/h6-9H,1-5H2,(H,11,12). The van der Waals surface area contributed by atoms with Gasteiger partial charge in [-0.3, -0.25) is 0 Å². The van der Waals surface area contributed by atoms with Crippen molar-refractivity contribution in [1.82, 2.24) is 5.32 Å². The molecule has 3 heterocycles. The molecule has 4 nitrogen and oxygen atoms in total. The van der Waals surface area contributed by atoms with Crippen LogP contribution in [0, 0.1) is 5.92 Å². The van der Waals surface area contributed by atoms with Crippen molar-refractivity contribution < 1.29 is 14.3 Å². The van der Waals surface area contributed by atoms with Gasteiger partial charge in [-0.1, -0.05) is 0 Å². The third-order valence-corrected chi connectivity index (χ3v) is 3.59. The van der Waals surface area contributed by atoms with E-state index >= 15 is 0 Å². The van der Waals surface area contributed by atoms with Crippen LogP contribution in [0.3, 0.4) is 0 Å². The van der Waals surface area contributed by atoms with Gasteiger partial charge in [0, 0.05) is 18.9 Å². The Bertz CT molecular complexity index is 256. The van der Waals surface area contributed by atoms with Crippen LogP contribution >= 0.6 is 0 Å². The third kappa shape index (κ3) is 1.29. The molecule has 14 heavy (non-hydrogen) atoms. The number of hydrogen-bond donors (Lipinski definition) is 1. The largest absolute Gasteiger partial charge is 0.446 e. The zero-order valence-corrected chi connectivity index (χ0v) is 8.07. The summed E-state index contributed by atoms with van der Waals surface area (Å²) in [4.78, 5) is 11.1. The van der Waals surface area contributed by atoms with E-state index in [0.29, 0.717) is 18.1 Å². The minimum atomic E-state index is -0.260. The monoisotopic (exact) mass is 197 g/mol. The quantitative estimate of drug-likeness (QED) is 0.683. The van der Waals surface area contributed by atoms with E-state index in [-0.39, 0.29) is 12.2 Å². The first kappa shape index (κ1) is 8.53. The summed E-state index contributed by atoms with van der Waals surface area (Å²) in [6.45, 7) is 0.747. The Labute approximate surface area is 82.9 Å². The Hall–Kier alpha value is -0.770. The molecule has 3 aliphatic rings. The van der Waals surface area contributed by atoms with Crippen molar-refractivity contribution in [2.45, 2.75) is 44.0 Å². The molecule has 0 aromatic carbocycles. The van der Waals surface area contributed by atoms with Crippen LogP contribution < -0.4 is 5.32 Å². The molecule has 4 heteroatoms. The summed E-state index contributed by atoms with van der Waals surface area (Å²) >= 11 is 0. The highest BCUT2D eigenvalue weighted by molar-refractivity contribution is 5.68. The van der Waals surface area contributed by atoms with Gasteiger partial charge in [0.1, 0.15) is 6.10 Å². The fourth-order valence-electron chi connectivity index (χ4n) is 2.92. The molecule has 3 aliphatic heterocycles. The minimum absolute atomic E-state index is 0.0963. The number of fused-ring (bicyclic) bond motifs is 2. The van der Waals surface area contributed by atoms with Crippen LogP contribution in [0.5, 0.6) is 0 Å². The topological polar surface area (TPSA) is 47.6 Å². The highest BCUT2D eigenvalue weighted by Crippen LogP contribution is 2.42. The molecule has 0 spiro atoms. The number of carbonyl (C=O) groups excluding carboxylic acids is 1. The lowest BCUT2D eigenvalue weighted by atomic mass is 9.84. The predicted molar refractivity (Wildman–Crippen MR) is 48.9 cm³/mol. The van der Waals surface area contributed by atoms with Gasteiger partial charge in [0.05, 0.1) is 12.2 Å². The van der Waals surface area contributed by atoms with E-state index in [9.17, 15) is 4.79 Å². The highest BCUT2D eigenvalue weighted by atomic mass is 16.6. The number of nitrogens with one attached hydrogen (secondary N) is 1. The second kappa shape index (κ2) is 3.12. The molecule has 3 fully saturated rings. The summed E-state index contributed by atoms with van der Waals surface area (Å²) in [5, 5.41) is 2.68. The Morgan fingerprint density at radius 3 is 2.79 bits per heavy atom. The van der Waals surface area contributed by atoms with E-state index in [2.05, 4.69) is 5.32 Å². The fraction of sp³-hybridized carbons (Fsp3) is 0.900. The normalized spacial score (nSPS) is 46.1. The first-order valence-corrected chi connectivity index (χ1v) is 5.43. The van der Waals surface area contributed by atoms with Gasteiger partial charge in [-0.2, -0.15) is 0 Å². The maximum atomic E-state index is 11.1. The van der Waals surface area contributed by atoms with E-state index < -0.39 is 0 Å². The number of rotatable bonds is 1. The number of ether oxygens (including phenoxy) is 2. The van der Waals surface area contributed by atoms with Gasteiger partial charge in [0.2, 0.25) is 0 Å². The molecular formula is C10H15NO3. The van der Waals surface area contributed by atoms with Crippen molar-refractivity contribution in [3.05, 3.63) is 0 Å². The molecule has 3 rings (SSSR count). The van der Waals surface area contributed by atoms with Crippen LogP contribution in [0.1, 0.15) is 25.7 Å². The van der Waals surface area contributed by atoms with Gasteiger partial charge in [-0.05, 0) is 19.3 Å². The molecule has 0 aromatic heterocycles. The van der Waals surface area contributed by atoms with E-state index in [1.807, 2.05) is 0 Å². The third-order valence-electron chi connectivity index (χ3n) is 3.59. The molecule has 78 valence electrons. The van der Waals surface area contributed by atoms with Crippen LogP contribution in [-0.2, 0) is 9.47 Å². The number of cyclic esters (lactones) is 1. The van der Waals surface area contributed by atoms with Crippen molar-refractivity contribution in [2.24, 2.45) is 5.92 Å². The van der Waals surface area contributed by atoms with Crippen molar-refractivity contribution in [2.75, 3.05) is 6.54 Å². The summed E-state index contributed by atoms with van der Waals surface area (Å²) < 4.78 is 11.1. The van der Waals surface area contributed by atoms with Crippen molar-refractivity contribution in [3.8, 4) is 0 Å². The second-order valence-corrected chi connectivity index (χ2v) is 4.43. The molecular weight excluding hydrogens is 182 g/mol. The summed E-state index contributed by atoms with van der Waals surface area (Å²) in [5.41, 5.74) is 0. The summed E-state index contributed by atoms with van der Waals surface area (Å²) in [5.74, 6) is 0.458. The highest BCUT2D eigenvalue weighted by Gasteiger charge is 2.46. The van der Waals surface area contributed by atoms with Gasteiger partial charge in [-0.25, -0.2) is 4.79 Å². The Kier molecular flexibility index (Phi) is 1.90. The fourth-order valence-corrected chi connectivity index (χ4v) is 2.92. The number of amides is 1. The molecule has 0 radical (unpaired) electrons. The average Bonchev–Trinajstić information content (AvgIpc) is 2.78. The number of carbonyl (C=O) groups is 1. The van der Waals surface area contributed by atoms with Gasteiger partial charge in [0.25, 0.3) is 0 Å². The van der Waals surface area contributed by atoms with Gasteiger partial charge in [0.15, 0.2) is 0 Å². The van der Waals surface area contributed by atoms with Crippen LogP contribution in [0.15, 0.2) is 0 Å². The number of hydrogen-bond acceptors (Lipinski definition) is 3. The van der Waals surface area contributed by atoms with Gasteiger partial charge < -0.3 is 14.8 Å². The van der Waals surface area contributed by atoms with Crippen LogP contribution in [0.4, 0.5) is 4.79 Å². The molecule has 0 aromatic rings. The minimum Gasteiger partial charge on any atom is -0.446 e. The zero-order chi connectivity index (χ0) is 9.54. The number of alkyl carbamates (subject to hydrolysis) is 1. The van der Waals surface area contributed by atoms with E-state index in [1.54, 1.807) is 0 Å². The molecule has 1 amide bonds. The van der Waals surface area contributed by atoms with E-state index in [4.69, 9.17) is 9.47 Å². The van der Waals surface area contributed by atoms with Crippen LogP contribution in [0.2, 0.25) is 0 Å². The lowest BCUT2D eigenvalue weighted by Gasteiger charge is -2.31. The Balaban J connectivity index is 1.67. The maximum absolute atomic E-state index is 11.1. The molecule has 2 bridgehead atoms. The SMILES string of the molecule is O=C1NCCC(C2CC3CCC2O3)O1. The smallest absolute Gasteiger partial charge is 0.407 e.